The number of hydrogen-bond acceptors (Lipinski definition) is 4. The molecule has 6 nitrogen and oxygen atoms in total. The van der Waals surface area contributed by atoms with Gasteiger partial charge in [0, 0.05) is 5.41 Å². The Kier molecular flexibility index (Phi) is 5.21. The quantitative estimate of drug-likeness (QED) is 0.661. The Morgan fingerprint density at radius 1 is 1.04 bits per heavy atom. The van der Waals surface area contributed by atoms with Crippen LogP contribution in [-0.2, 0) is 9.59 Å². The van der Waals surface area contributed by atoms with Gasteiger partial charge >= 0.3 is 0 Å². The molecule has 1 heterocycles. The van der Waals surface area contributed by atoms with Crippen LogP contribution in [0.3, 0.4) is 0 Å². The van der Waals surface area contributed by atoms with Crippen molar-refractivity contribution in [1.82, 2.24) is 16.2 Å². The maximum atomic E-state index is 13.3. The van der Waals surface area contributed by atoms with Crippen LogP contribution >= 0.6 is 11.3 Å². The fourth-order valence-electron chi connectivity index (χ4n) is 5.88. The minimum atomic E-state index is -0.663. The van der Waals surface area contributed by atoms with Crippen LogP contribution < -0.4 is 16.2 Å². The van der Waals surface area contributed by atoms with Gasteiger partial charge in [0.15, 0.2) is 0 Å². The average Bonchev–Trinajstić information content (AvgIpc) is 3.17. The minimum Gasteiger partial charge on any atom is -0.344 e. The van der Waals surface area contributed by atoms with Crippen molar-refractivity contribution >= 4 is 29.1 Å². The third kappa shape index (κ3) is 3.69. The number of thiophene rings is 1. The number of rotatable bonds is 5. The molecule has 0 unspecified atom stereocenters. The summed E-state index contributed by atoms with van der Waals surface area (Å²) in [6.07, 6.45) is 6.71. The predicted molar refractivity (Wildman–Crippen MR) is 107 cm³/mol. The van der Waals surface area contributed by atoms with E-state index in [1.807, 2.05) is 13.8 Å². The van der Waals surface area contributed by atoms with Crippen molar-refractivity contribution in [1.29, 1.82) is 0 Å². The maximum absolute atomic E-state index is 13.3. The van der Waals surface area contributed by atoms with E-state index in [4.69, 9.17) is 0 Å². The van der Waals surface area contributed by atoms with Crippen molar-refractivity contribution in [2.24, 2.45) is 29.1 Å². The van der Waals surface area contributed by atoms with Crippen LogP contribution in [0.2, 0.25) is 0 Å². The summed E-state index contributed by atoms with van der Waals surface area (Å²) < 4.78 is 0. The highest BCUT2D eigenvalue weighted by molar-refractivity contribution is 7.12. The second kappa shape index (κ2) is 7.50. The fraction of sp³-hybridized carbons (Fsp3) is 0.667. The van der Waals surface area contributed by atoms with Gasteiger partial charge in [-0.15, -0.1) is 11.3 Å². The summed E-state index contributed by atoms with van der Waals surface area (Å²) in [5, 5.41) is 4.84. The minimum absolute atomic E-state index is 0.0324. The van der Waals surface area contributed by atoms with Gasteiger partial charge in [-0.1, -0.05) is 19.9 Å². The predicted octanol–water partition coefficient (Wildman–Crippen LogP) is 2.87. The lowest BCUT2D eigenvalue weighted by Gasteiger charge is -2.55. The number of nitrogens with one attached hydrogen (secondary N) is 3. The molecule has 3 N–H and O–H groups in total. The Labute approximate surface area is 169 Å². The molecule has 3 amide bonds. The molecule has 0 spiro atoms. The topological polar surface area (TPSA) is 87.3 Å². The monoisotopic (exact) mass is 403 g/mol. The van der Waals surface area contributed by atoms with E-state index in [1.54, 1.807) is 17.5 Å². The van der Waals surface area contributed by atoms with Crippen LogP contribution in [0.1, 0.15) is 62.0 Å². The molecule has 0 radical (unpaired) electrons. The summed E-state index contributed by atoms with van der Waals surface area (Å²) in [6.45, 7) is 3.82. The molecule has 4 aliphatic rings. The summed E-state index contributed by atoms with van der Waals surface area (Å²) in [5.74, 6) is 1.26. The van der Waals surface area contributed by atoms with Gasteiger partial charge in [0.1, 0.15) is 6.04 Å². The number of amides is 3. The largest absolute Gasteiger partial charge is 0.344 e. The smallest absolute Gasteiger partial charge is 0.279 e. The highest BCUT2D eigenvalue weighted by atomic mass is 32.1. The molecule has 4 saturated carbocycles. The molecular weight excluding hydrogens is 374 g/mol. The van der Waals surface area contributed by atoms with Gasteiger partial charge in [-0.2, -0.15) is 0 Å². The van der Waals surface area contributed by atoms with Gasteiger partial charge in [0.05, 0.1) is 4.88 Å². The lowest BCUT2D eigenvalue weighted by atomic mass is 9.49. The summed E-state index contributed by atoms with van der Waals surface area (Å²) in [6, 6.07) is 2.81. The number of hydrazine groups is 1. The molecule has 152 valence electrons. The van der Waals surface area contributed by atoms with Crippen molar-refractivity contribution in [3.05, 3.63) is 22.4 Å². The van der Waals surface area contributed by atoms with Crippen LogP contribution in [0.4, 0.5) is 0 Å². The van der Waals surface area contributed by atoms with Crippen molar-refractivity contribution in [3.63, 3.8) is 0 Å². The molecule has 0 aromatic carbocycles. The van der Waals surface area contributed by atoms with Gasteiger partial charge in [0.25, 0.3) is 11.8 Å². The fourth-order valence-corrected chi connectivity index (χ4v) is 6.50. The van der Waals surface area contributed by atoms with Crippen LogP contribution in [0.15, 0.2) is 17.5 Å². The van der Waals surface area contributed by atoms with Crippen molar-refractivity contribution in [3.8, 4) is 0 Å². The van der Waals surface area contributed by atoms with E-state index >= 15 is 0 Å². The van der Waals surface area contributed by atoms with E-state index in [1.165, 1.54) is 30.6 Å². The van der Waals surface area contributed by atoms with Gasteiger partial charge in [-0.25, -0.2) is 0 Å². The Balaban J connectivity index is 1.38. The average molecular weight is 404 g/mol. The summed E-state index contributed by atoms with van der Waals surface area (Å²) in [5.41, 5.74) is 4.64. The van der Waals surface area contributed by atoms with Crippen LogP contribution in [0.5, 0.6) is 0 Å². The highest BCUT2D eigenvalue weighted by Crippen LogP contribution is 2.60. The lowest BCUT2D eigenvalue weighted by Crippen LogP contribution is -2.59. The van der Waals surface area contributed by atoms with Crippen LogP contribution in [-0.4, -0.2) is 23.8 Å². The van der Waals surface area contributed by atoms with Crippen molar-refractivity contribution in [2.75, 3.05) is 0 Å². The molecule has 0 saturated heterocycles. The zero-order chi connectivity index (χ0) is 19.9. The van der Waals surface area contributed by atoms with Gasteiger partial charge in [0.2, 0.25) is 5.91 Å². The van der Waals surface area contributed by atoms with E-state index in [2.05, 4.69) is 16.2 Å². The second-order valence-corrected chi connectivity index (χ2v) is 10.3. The Morgan fingerprint density at radius 2 is 1.64 bits per heavy atom. The van der Waals surface area contributed by atoms with E-state index in [0.717, 1.165) is 19.3 Å². The summed E-state index contributed by atoms with van der Waals surface area (Å²) >= 11 is 1.31. The molecular formula is C21H29N3O3S. The third-order valence-corrected chi connectivity index (χ3v) is 7.67. The van der Waals surface area contributed by atoms with Crippen LogP contribution in [0, 0.1) is 29.1 Å². The Hall–Kier alpha value is -1.89. The molecule has 1 atom stereocenters. The number of carbonyl (C=O) groups is 3. The molecule has 1 aromatic rings. The van der Waals surface area contributed by atoms with E-state index in [0.29, 0.717) is 22.6 Å². The molecule has 7 heteroatoms. The number of carbonyl (C=O) groups excluding carboxylic acids is 3. The van der Waals surface area contributed by atoms with Gasteiger partial charge < -0.3 is 5.32 Å². The van der Waals surface area contributed by atoms with Gasteiger partial charge in [-0.3, -0.25) is 25.2 Å². The van der Waals surface area contributed by atoms with Crippen LogP contribution in [0.25, 0.3) is 0 Å². The molecule has 4 aliphatic carbocycles. The standard InChI is InChI=1S/C21H29N3O3S/c1-12(2)17(19(26)24-23-18(25)16-4-3-5-28-16)22-20(27)21-9-13-6-14(10-21)8-15(7-13)11-21/h3-5,12-15,17H,6-11H2,1-2H3,(H,22,27)(H,23,25)(H,24,26)/t13?,14?,15?,17-,21?/m0/s1. The SMILES string of the molecule is CC(C)[C@H](NC(=O)C12CC3CC(CC(C3)C1)C2)C(=O)NNC(=O)c1cccs1. The Bertz CT molecular complexity index is 724. The zero-order valence-electron chi connectivity index (χ0n) is 16.5. The molecule has 0 aliphatic heterocycles. The second-order valence-electron chi connectivity index (χ2n) is 9.31. The molecule has 1 aromatic heterocycles. The van der Waals surface area contributed by atoms with Crippen molar-refractivity contribution < 1.29 is 14.4 Å². The molecule has 4 fully saturated rings. The third-order valence-electron chi connectivity index (χ3n) is 6.80. The molecule has 4 bridgehead atoms. The zero-order valence-corrected chi connectivity index (χ0v) is 17.3. The summed E-state index contributed by atoms with van der Waals surface area (Å²) in [4.78, 5) is 38.5. The van der Waals surface area contributed by atoms with Crippen molar-refractivity contribution in [2.45, 2.75) is 58.4 Å². The maximum Gasteiger partial charge on any atom is 0.279 e. The summed E-state index contributed by atoms with van der Waals surface area (Å²) in [7, 11) is 0. The highest BCUT2D eigenvalue weighted by Gasteiger charge is 2.55. The first kappa shape index (κ1) is 19.4. The van der Waals surface area contributed by atoms with Gasteiger partial charge in [-0.05, 0) is 73.6 Å². The van der Waals surface area contributed by atoms with E-state index in [9.17, 15) is 14.4 Å². The first-order chi connectivity index (χ1) is 13.4. The normalized spacial score (nSPS) is 31.5. The molecule has 28 heavy (non-hydrogen) atoms. The molecule has 5 rings (SSSR count). The number of hydrogen-bond donors (Lipinski definition) is 3. The Morgan fingerprint density at radius 3 is 2.14 bits per heavy atom. The van der Waals surface area contributed by atoms with E-state index < -0.39 is 6.04 Å². The lowest BCUT2D eigenvalue weighted by molar-refractivity contribution is -0.149. The van der Waals surface area contributed by atoms with E-state index in [-0.39, 0.29) is 29.1 Å². The first-order valence-corrected chi connectivity index (χ1v) is 11.2. The first-order valence-electron chi connectivity index (χ1n) is 10.3.